The number of hydrogen-bond donors (Lipinski definition) is 3. The topological polar surface area (TPSA) is 85.1 Å². The molecule has 202 valence electrons. The van der Waals surface area contributed by atoms with Gasteiger partial charge in [0, 0.05) is 49.0 Å². The van der Waals surface area contributed by atoms with Crippen molar-refractivity contribution in [3.63, 3.8) is 0 Å². The Morgan fingerprint density at radius 1 is 0.756 bits per heavy atom. The molecule has 0 radical (unpaired) electrons. The normalized spacial score (nSPS) is 19.6. The fourth-order valence-electron chi connectivity index (χ4n) is 7.05. The molecule has 41 heavy (non-hydrogen) atoms. The summed E-state index contributed by atoms with van der Waals surface area (Å²) in [6.07, 6.45) is 5.06. The molecule has 0 amide bonds. The summed E-state index contributed by atoms with van der Waals surface area (Å²) in [4.78, 5) is 5.09. The highest BCUT2D eigenvalue weighted by molar-refractivity contribution is 5.97. The highest BCUT2D eigenvalue weighted by atomic mass is 16.5. The van der Waals surface area contributed by atoms with Crippen LogP contribution in [0.1, 0.15) is 6.42 Å². The number of rotatable bonds is 5. The number of piperazine rings is 1. The van der Waals surface area contributed by atoms with Gasteiger partial charge in [-0.1, -0.05) is 36.4 Å². The van der Waals surface area contributed by atoms with Crippen LogP contribution in [-0.2, 0) is 0 Å². The van der Waals surface area contributed by atoms with E-state index in [4.69, 9.17) is 4.74 Å². The summed E-state index contributed by atoms with van der Waals surface area (Å²) >= 11 is 0. The van der Waals surface area contributed by atoms with Crippen molar-refractivity contribution >= 4 is 33.2 Å². The summed E-state index contributed by atoms with van der Waals surface area (Å²) in [6, 6.07) is 27.0. The number of fused-ring (bicyclic) bond motifs is 6. The van der Waals surface area contributed by atoms with E-state index in [1.165, 1.54) is 6.42 Å². The third-order valence-corrected chi connectivity index (χ3v) is 9.09. The Labute approximate surface area is 236 Å². The van der Waals surface area contributed by atoms with E-state index in [-0.39, 0.29) is 0 Å². The van der Waals surface area contributed by atoms with E-state index in [1.807, 2.05) is 12.4 Å². The first-order chi connectivity index (χ1) is 20.3. The third kappa shape index (κ3) is 3.68. The minimum Gasteiger partial charge on any atom is -0.453 e. The van der Waals surface area contributed by atoms with Gasteiger partial charge < -0.3 is 15.0 Å². The second-order valence-electron chi connectivity index (χ2n) is 11.4. The third-order valence-electron chi connectivity index (χ3n) is 9.09. The summed E-state index contributed by atoms with van der Waals surface area (Å²) < 4.78 is 6.73. The first kappa shape index (κ1) is 23.1. The van der Waals surface area contributed by atoms with Gasteiger partial charge in [-0.05, 0) is 65.1 Å². The predicted octanol–water partition coefficient (Wildman–Crippen LogP) is 6.06. The largest absolute Gasteiger partial charge is 0.453 e. The Kier molecular flexibility index (Phi) is 5.02. The van der Waals surface area contributed by atoms with E-state index in [1.54, 1.807) is 0 Å². The van der Waals surface area contributed by atoms with Gasteiger partial charge in [0.25, 0.3) is 0 Å². The number of benzene rings is 4. The van der Waals surface area contributed by atoms with Crippen LogP contribution in [0, 0.1) is 0 Å². The molecule has 0 saturated carbocycles. The summed E-state index contributed by atoms with van der Waals surface area (Å²) in [5.74, 6) is 1.75. The number of ether oxygens (including phenoxy) is 1. The van der Waals surface area contributed by atoms with Gasteiger partial charge >= 0.3 is 0 Å². The molecule has 0 aliphatic carbocycles. The summed E-state index contributed by atoms with van der Waals surface area (Å²) in [6.45, 7) is 4.16. The molecule has 9 rings (SSSR count). The zero-order chi connectivity index (χ0) is 26.9. The molecule has 0 spiro atoms. The number of aromatic amines is 2. The van der Waals surface area contributed by atoms with Crippen molar-refractivity contribution in [2.24, 2.45) is 0 Å². The number of likely N-dealkylation sites (tertiary alicyclic amines) is 1. The van der Waals surface area contributed by atoms with E-state index < -0.39 is 0 Å². The minimum absolute atomic E-state index is 0.644. The van der Waals surface area contributed by atoms with E-state index in [0.29, 0.717) is 12.1 Å². The zero-order valence-electron chi connectivity index (χ0n) is 22.5. The average molecular weight is 540 g/mol. The summed E-state index contributed by atoms with van der Waals surface area (Å²) in [5.41, 5.74) is 8.77. The fraction of sp³-hybridized carbons (Fsp3) is 0.212. The number of anilines is 2. The fourth-order valence-corrected chi connectivity index (χ4v) is 7.05. The molecule has 2 saturated heterocycles. The van der Waals surface area contributed by atoms with Crippen LogP contribution in [-0.4, -0.2) is 63.6 Å². The predicted molar refractivity (Wildman–Crippen MR) is 162 cm³/mol. The van der Waals surface area contributed by atoms with Crippen molar-refractivity contribution in [2.45, 2.75) is 18.5 Å². The molecule has 2 fully saturated rings. The molecule has 2 atom stereocenters. The lowest BCUT2D eigenvalue weighted by Crippen LogP contribution is -2.46. The molecule has 8 heteroatoms. The van der Waals surface area contributed by atoms with Gasteiger partial charge in [0.05, 0.1) is 34.8 Å². The highest BCUT2D eigenvalue weighted by Gasteiger charge is 2.37. The molecule has 6 aromatic rings. The van der Waals surface area contributed by atoms with Crippen molar-refractivity contribution in [1.82, 2.24) is 30.6 Å². The Morgan fingerprint density at radius 2 is 1.39 bits per heavy atom. The highest BCUT2D eigenvalue weighted by Crippen LogP contribution is 2.49. The van der Waals surface area contributed by atoms with Crippen LogP contribution in [0.25, 0.3) is 44.1 Å². The molecular weight excluding hydrogens is 510 g/mol. The lowest BCUT2D eigenvalue weighted by Gasteiger charge is -2.36. The van der Waals surface area contributed by atoms with Crippen molar-refractivity contribution in [3.05, 3.63) is 85.2 Å². The lowest BCUT2D eigenvalue weighted by molar-refractivity contribution is 0.232. The summed E-state index contributed by atoms with van der Waals surface area (Å²) in [5, 5.41) is 20.6. The average Bonchev–Trinajstić information content (AvgIpc) is 3.83. The standard InChI is InChI=1S/C33H29N7O/c1-3-24(26-17-35-37-28(26)5-1)20-7-9-30-32(13-20)41-33-14-21(25-4-2-6-29-27(25)18-36-38-29)8-10-31(33)40(30)12-11-39-19-22-15-23(39)16-34-22/h1-10,13-14,17-18,22-23,34H,11-12,15-16,19H2,(H,35,37)(H,36,38)/t22-,23-/m1/s1. The van der Waals surface area contributed by atoms with E-state index >= 15 is 0 Å². The molecular formula is C33H29N7O. The van der Waals surface area contributed by atoms with Crippen LogP contribution >= 0.6 is 0 Å². The second kappa shape index (κ2) is 8.92. The van der Waals surface area contributed by atoms with Crippen molar-refractivity contribution in [2.75, 3.05) is 31.1 Å². The Hall–Kier alpha value is -4.66. The van der Waals surface area contributed by atoms with E-state index in [9.17, 15) is 0 Å². The van der Waals surface area contributed by atoms with Gasteiger partial charge in [-0.3, -0.25) is 15.1 Å². The van der Waals surface area contributed by atoms with Crippen LogP contribution in [0.15, 0.2) is 85.2 Å². The molecule has 3 aliphatic heterocycles. The molecule has 4 aromatic carbocycles. The van der Waals surface area contributed by atoms with Gasteiger partial charge in [-0.15, -0.1) is 0 Å². The van der Waals surface area contributed by atoms with Crippen molar-refractivity contribution in [3.8, 4) is 33.8 Å². The maximum Gasteiger partial charge on any atom is 0.151 e. The van der Waals surface area contributed by atoms with Gasteiger partial charge in [0.1, 0.15) is 0 Å². The molecule has 0 unspecified atom stereocenters. The van der Waals surface area contributed by atoms with Gasteiger partial charge in [-0.2, -0.15) is 10.2 Å². The first-order valence-electron chi connectivity index (χ1n) is 14.3. The number of H-pyrrole nitrogens is 2. The van der Waals surface area contributed by atoms with E-state index in [0.717, 1.165) is 93.1 Å². The van der Waals surface area contributed by atoms with Gasteiger partial charge in [0.2, 0.25) is 0 Å². The van der Waals surface area contributed by atoms with Gasteiger partial charge in [0.15, 0.2) is 11.5 Å². The van der Waals surface area contributed by atoms with Crippen molar-refractivity contribution < 1.29 is 4.74 Å². The number of hydrogen-bond acceptors (Lipinski definition) is 6. The molecule has 3 N–H and O–H groups in total. The maximum atomic E-state index is 6.73. The first-order valence-corrected chi connectivity index (χ1v) is 14.3. The zero-order valence-corrected chi connectivity index (χ0v) is 22.5. The van der Waals surface area contributed by atoms with Gasteiger partial charge in [-0.25, -0.2) is 0 Å². The molecule has 8 nitrogen and oxygen atoms in total. The van der Waals surface area contributed by atoms with E-state index in [2.05, 4.69) is 108 Å². The van der Waals surface area contributed by atoms with Crippen LogP contribution in [0.3, 0.4) is 0 Å². The SMILES string of the molecule is c1cc(-c2ccc3c(c2)Oc2cc(-c4cccc5[nH]ncc45)ccc2N3CCN2C[C@H]3C[C@@H]2CN3)c2cn[nH]c2c1. The number of nitrogens with one attached hydrogen (secondary N) is 3. The van der Waals surface area contributed by atoms with Crippen LogP contribution in [0.2, 0.25) is 0 Å². The lowest BCUT2D eigenvalue weighted by atomic mass is 9.99. The molecule has 5 heterocycles. The Bertz CT molecular complexity index is 1820. The molecule has 2 bridgehead atoms. The van der Waals surface area contributed by atoms with Crippen molar-refractivity contribution in [1.29, 1.82) is 0 Å². The Morgan fingerprint density at radius 3 is 1.95 bits per heavy atom. The molecule has 3 aliphatic rings. The number of nitrogens with zero attached hydrogens (tertiary/aromatic N) is 4. The summed E-state index contributed by atoms with van der Waals surface area (Å²) in [7, 11) is 0. The smallest absolute Gasteiger partial charge is 0.151 e. The van der Waals surface area contributed by atoms with Crippen LogP contribution in [0.5, 0.6) is 11.5 Å². The molecule has 2 aromatic heterocycles. The monoisotopic (exact) mass is 539 g/mol. The number of aromatic nitrogens is 4. The minimum atomic E-state index is 0.644. The Balaban J connectivity index is 1.13. The van der Waals surface area contributed by atoms with Crippen LogP contribution < -0.4 is 15.0 Å². The quantitative estimate of drug-likeness (QED) is 0.247. The second-order valence-corrected chi connectivity index (χ2v) is 11.4. The van der Waals surface area contributed by atoms with Crippen LogP contribution in [0.4, 0.5) is 11.4 Å². The maximum absolute atomic E-state index is 6.73.